The van der Waals surface area contributed by atoms with Gasteiger partial charge in [-0.25, -0.2) is 9.67 Å². The highest BCUT2D eigenvalue weighted by Crippen LogP contribution is 2.17. The molecule has 0 amide bonds. The van der Waals surface area contributed by atoms with Crippen LogP contribution in [0.2, 0.25) is 0 Å². The quantitative estimate of drug-likeness (QED) is 0.494. The number of aromatic nitrogens is 5. The Morgan fingerprint density at radius 3 is 2.92 bits per heavy atom. The van der Waals surface area contributed by atoms with Gasteiger partial charge in [0.25, 0.3) is 0 Å². The van der Waals surface area contributed by atoms with E-state index in [4.69, 9.17) is 11.5 Å². The fourth-order valence-electron chi connectivity index (χ4n) is 2.50. The number of hydrogen-bond donors (Lipinski definition) is 4. The van der Waals surface area contributed by atoms with Crippen LogP contribution in [0, 0.1) is 13.8 Å². The maximum absolute atomic E-state index is 5.88. The fraction of sp³-hybridized carbons (Fsp3) is 0.312. The standard InChI is InChI=1S/C16H22N8/c1-10-3-14-15(4-11(10)2)21-16(20-14)8-24-7-13(22-23-24)5-12(18)6-19-9-17/h3-4,6-7,19H,5,8-9,17-18H2,1-2H3,(H,20,21)/b12-6-. The molecule has 0 radical (unpaired) electrons. The summed E-state index contributed by atoms with van der Waals surface area (Å²) < 4.78 is 1.75. The van der Waals surface area contributed by atoms with Crippen molar-refractivity contribution < 1.29 is 0 Å². The Hall–Kier alpha value is -2.87. The minimum absolute atomic E-state index is 0.346. The number of nitrogens with two attached hydrogens (primary N) is 2. The zero-order valence-corrected chi connectivity index (χ0v) is 13.9. The van der Waals surface area contributed by atoms with E-state index in [1.165, 1.54) is 11.1 Å². The van der Waals surface area contributed by atoms with Gasteiger partial charge >= 0.3 is 0 Å². The molecule has 0 spiro atoms. The van der Waals surface area contributed by atoms with Crippen LogP contribution in [0.15, 0.2) is 30.2 Å². The van der Waals surface area contributed by atoms with E-state index >= 15 is 0 Å². The number of fused-ring (bicyclic) bond motifs is 1. The number of aromatic amines is 1. The van der Waals surface area contributed by atoms with Crippen molar-refractivity contribution in [1.82, 2.24) is 30.3 Å². The number of benzene rings is 1. The van der Waals surface area contributed by atoms with Crippen molar-refractivity contribution in [1.29, 1.82) is 0 Å². The van der Waals surface area contributed by atoms with Crippen LogP contribution < -0.4 is 16.8 Å². The Kier molecular flexibility index (Phi) is 4.48. The summed E-state index contributed by atoms with van der Waals surface area (Å²) in [4.78, 5) is 7.95. The molecule has 0 bridgehead atoms. The second-order valence-corrected chi connectivity index (χ2v) is 5.85. The number of aryl methyl sites for hydroxylation is 2. The van der Waals surface area contributed by atoms with Crippen molar-refractivity contribution in [2.24, 2.45) is 11.5 Å². The molecule has 8 nitrogen and oxygen atoms in total. The predicted octanol–water partition coefficient (Wildman–Crippen LogP) is 0.668. The highest BCUT2D eigenvalue weighted by molar-refractivity contribution is 5.77. The molecule has 3 rings (SSSR count). The van der Waals surface area contributed by atoms with Gasteiger partial charge in [-0.1, -0.05) is 5.21 Å². The monoisotopic (exact) mass is 326 g/mol. The van der Waals surface area contributed by atoms with Crippen LogP contribution in [-0.2, 0) is 13.0 Å². The summed E-state index contributed by atoms with van der Waals surface area (Å²) in [5, 5.41) is 11.1. The lowest BCUT2D eigenvalue weighted by Crippen LogP contribution is -2.18. The van der Waals surface area contributed by atoms with Crippen LogP contribution in [0.3, 0.4) is 0 Å². The Morgan fingerprint density at radius 2 is 2.12 bits per heavy atom. The molecule has 0 aliphatic heterocycles. The topological polar surface area (TPSA) is 123 Å². The summed E-state index contributed by atoms with van der Waals surface area (Å²) >= 11 is 0. The number of nitrogens with zero attached hydrogens (tertiary/aromatic N) is 4. The summed E-state index contributed by atoms with van der Waals surface area (Å²) in [7, 11) is 0. The Morgan fingerprint density at radius 1 is 1.33 bits per heavy atom. The molecule has 0 aliphatic carbocycles. The molecule has 126 valence electrons. The SMILES string of the molecule is Cc1cc2nc(Cn3cc(C/C(N)=C/NCN)nn3)[nH]c2cc1C. The third-order valence-electron chi connectivity index (χ3n) is 3.83. The Balaban J connectivity index is 1.72. The van der Waals surface area contributed by atoms with Gasteiger partial charge in [-0.2, -0.15) is 0 Å². The van der Waals surface area contributed by atoms with Gasteiger partial charge in [0.1, 0.15) is 12.4 Å². The van der Waals surface area contributed by atoms with Crippen LogP contribution in [0.4, 0.5) is 0 Å². The number of allylic oxidation sites excluding steroid dienone is 1. The third-order valence-corrected chi connectivity index (χ3v) is 3.83. The average molecular weight is 326 g/mol. The molecule has 8 heteroatoms. The van der Waals surface area contributed by atoms with Gasteiger partial charge in [0.2, 0.25) is 0 Å². The van der Waals surface area contributed by atoms with E-state index in [0.29, 0.717) is 25.3 Å². The van der Waals surface area contributed by atoms with Crippen LogP contribution >= 0.6 is 0 Å². The van der Waals surface area contributed by atoms with Gasteiger partial charge in [0, 0.05) is 24.5 Å². The van der Waals surface area contributed by atoms with Gasteiger partial charge in [0.05, 0.1) is 23.4 Å². The van der Waals surface area contributed by atoms with Gasteiger partial charge in [-0.3, -0.25) is 0 Å². The predicted molar refractivity (Wildman–Crippen MR) is 92.9 cm³/mol. The second-order valence-electron chi connectivity index (χ2n) is 5.85. The van der Waals surface area contributed by atoms with E-state index in [2.05, 4.69) is 51.6 Å². The highest BCUT2D eigenvalue weighted by atomic mass is 15.4. The van der Waals surface area contributed by atoms with E-state index in [9.17, 15) is 0 Å². The zero-order chi connectivity index (χ0) is 17.1. The summed E-state index contributed by atoms with van der Waals surface area (Å²) in [5.41, 5.74) is 17.2. The first-order valence-electron chi connectivity index (χ1n) is 7.78. The van der Waals surface area contributed by atoms with E-state index in [1.807, 2.05) is 6.20 Å². The molecule has 24 heavy (non-hydrogen) atoms. The molecule has 0 saturated heterocycles. The molecule has 0 aliphatic rings. The fourth-order valence-corrected chi connectivity index (χ4v) is 2.50. The second kappa shape index (κ2) is 6.71. The molecular formula is C16H22N8. The van der Waals surface area contributed by atoms with Crippen molar-refractivity contribution in [2.75, 3.05) is 6.67 Å². The molecule has 6 N–H and O–H groups in total. The molecule has 3 aromatic rings. The van der Waals surface area contributed by atoms with Crippen molar-refractivity contribution in [2.45, 2.75) is 26.8 Å². The van der Waals surface area contributed by atoms with Crippen molar-refractivity contribution in [3.63, 3.8) is 0 Å². The molecule has 0 atom stereocenters. The first kappa shape index (κ1) is 16.0. The van der Waals surface area contributed by atoms with Gasteiger partial charge < -0.3 is 21.8 Å². The normalized spacial score (nSPS) is 12.0. The summed E-state index contributed by atoms with van der Waals surface area (Å²) in [6.45, 7) is 5.06. The van der Waals surface area contributed by atoms with Crippen LogP contribution in [0.25, 0.3) is 11.0 Å². The van der Waals surface area contributed by atoms with E-state index < -0.39 is 0 Å². The van der Waals surface area contributed by atoms with E-state index in [1.54, 1.807) is 10.9 Å². The Bertz CT molecular complexity index is 834. The zero-order valence-electron chi connectivity index (χ0n) is 13.9. The lowest BCUT2D eigenvalue weighted by molar-refractivity contribution is 0.630. The van der Waals surface area contributed by atoms with Crippen LogP contribution in [0.5, 0.6) is 0 Å². The molecule has 2 aromatic heterocycles. The summed E-state index contributed by atoms with van der Waals surface area (Å²) in [5.74, 6) is 0.847. The maximum Gasteiger partial charge on any atom is 0.129 e. The number of nitrogens with one attached hydrogen (secondary N) is 2. The third kappa shape index (κ3) is 3.54. The van der Waals surface area contributed by atoms with Crippen molar-refractivity contribution in [3.05, 3.63) is 52.9 Å². The van der Waals surface area contributed by atoms with Crippen LogP contribution in [0.1, 0.15) is 22.6 Å². The minimum atomic E-state index is 0.346. The number of hydrogen-bond acceptors (Lipinski definition) is 6. The first-order chi connectivity index (χ1) is 11.5. The van der Waals surface area contributed by atoms with Crippen molar-refractivity contribution >= 4 is 11.0 Å². The summed E-state index contributed by atoms with van der Waals surface area (Å²) in [6.07, 6.45) is 4.07. The molecular weight excluding hydrogens is 304 g/mol. The molecule has 0 saturated carbocycles. The molecule has 0 fully saturated rings. The van der Waals surface area contributed by atoms with Crippen LogP contribution in [-0.4, -0.2) is 31.6 Å². The summed E-state index contributed by atoms with van der Waals surface area (Å²) in [6, 6.07) is 4.21. The lowest BCUT2D eigenvalue weighted by Gasteiger charge is -1.99. The molecule has 2 heterocycles. The van der Waals surface area contributed by atoms with Gasteiger partial charge in [0.15, 0.2) is 0 Å². The number of imidazole rings is 1. The van der Waals surface area contributed by atoms with Crippen molar-refractivity contribution in [3.8, 4) is 0 Å². The number of H-pyrrole nitrogens is 1. The number of rotatable bonds is 6. The largest absolute Gasteiger partial charge is 0.401 e. The van der Waals surface area contributed by atoms with Gasteiger partial charge in [-0.05, 0) is 37.1 Å². The smallest absolute Gasteiger partial charge is 0.129 e. The van der Waals surface area contributed by atoms with Gasteiger partial charge in [-0.15, -0.1) is 5.10 Å². The van der Waals surface area contributed by atoms with E-state index in [-0.39, 0.29) is 0 Å². The highest BCUT2D eigenvalue weighted by Gasteiger charge is 2.08. The maximum atomic E-state index is 5.88. The first-order valence-corrected chi connectivity index (χ1v) is 7.78. The van der Waals surface area contributed by atoms with E-state index in [0.717, 1.165) is 22.6 Å². The Labute approximate surface area is 139 Å². The average Bonchev–Trinajstić information content (AvgIpc) is 3.12. The minimum Gasteiger partial charge on any atom is -0.401 e. The molecule has 1 aromatic carbocycles. The lowest BCUT2D eigenvalue weighted by atomic mass is 10.1. The molecule has 0 unspecified atom stereocenters.